The van der Waals surface area contributed by atoms with Crippen molar-refractivity contribution >= 4 is 5.78 Å². The first kappa shape index (κ1) is 38.3. The standard InChI is InChI=1S/C30H48O17/c1-12-7-14(32)8-29(3,4)30(12,41)6-5-13(2)44-27-24(39)22(37)19(34)16(46-27)10-42-26-23(38)20(35)17(11-43-26)47-28-25(40)21(36)18(33)15(9-31)45-28/h5-7,13,15-28,31,33-41H,8-11H2,1-4H3/b6-5+/t13?,15-,16-,17-,18-,19-,20+,21+,22+,23-,24-,25-,26+,27-,28+,30?/m1/s1. The fourth-order valence-corrected chi connectivity index (χ4v) is 6.14. The SMILES string of the molecule is CC1=CC(=O)CC(C)(C)C1(O)/C=C/C(C)O[C@@H]1O[C@H](CO[C@H]2OC[C@@H](O[C@@H]3O[C@H](CO)[C@@H](O)[C@H](O)[C@H]3O)[C@H](O)[C@H]2O)[C@@H](O)[C@H](O)[C@H]1O. The summed E-state index contributed by atoms with van der Waals surface area (Å²) in [4.78, 5) is 12.0. The monoisotopic (exact) mass is 680 g/mol. The molecule has 0 aromatic heterocycles. The third-order valence-electron chi connectivity index (χ3n) is 9.27. The van der Waals surface area contributed by atoms with Gasteiger partial charge in [0.2, 0.25) is 0 Å². The molecule has 270 valence electrons. The van der Waals surface area contributed by atoms with Gasteiger partial charge in [0.15, 0.2) is 24.7 Å². The minimum Gasteiger partial charge on any atom is -0.394 e. The largest absolute Gasteiger partial charge is 0.394 e. The van der Waals surface area contributed by atoms with Gasteiger partial charge in [-0.15, -0.1) is 0 Å². The van der Waals surface area contributed by atoms with Crippen LogP contribution in [-0.4, -0.2) is 174 Å². The van der Waals surface area contributed by atoms with Gasteiger partial charge in [0.25, 0.3) is 0 Å². The maximum atomic E-state index is 12.0. The van der Waals surface area contributed by atoms with E-state index >= 15 is 0 Å². The quantitative estimate of drug-likeness (QED) is 0.0978. The molecule has 0 bridgehead atoms. The van der Waals surface area contributed by atoms with E-state index in [1.807, 2.05) is 0 Å². The van der Waals surface area contributed by atoms with Gasteiger partial charge in [-0.1, -0.05) is 19.9 Å². The predicted octanol–water partition coefficient (Wildman–Crippen LogP) is -4.29. The van der Waals surface area contributed by atoms with Crippen LogP contribution in [0.4, 0.5) is 0 Å². The Kier molecular flexibility index (Phi) is 12.4. The summed E-state index contributed by atoms with van der Waals surface area (Å²) in [5.41, 5.74) is -1.81. The molecule has 0 radical (unpaired) electrons. The smallest absolute Gasteiger partial charge is 0.187 e. The number of rotatable bonds is 10. The molecule has 47 heavy (non-hydrogen) atoms. The van der Waals surface area contributed by atoms with Crippen LogP contribution in [-0.2, 0) is 33.2 Å². The molecular weight excluding hydrogens is 632 g/mol. The molecule has 0 amide bonds. The molecule has 2 unspecified atom stereocenters. The molecule has 0 aromatic rings. The van der Waals surface area contributed by atoms with E-state index in [1.165, 1.54) is 18.2 Å². The topological polar surface area (TPSA) is 275 Å². The Morgan fingerprint density at radius 1 is 0.872 bits per heavy atom. The van der Waals surface area contributed by atoms with Crippen LogP contribution in [0.3, 0.4) is 0 Å². The van der Waals surface area contributed by atoms with E-state index in [1.54, 1.807) is 27.7 Å². The minimum absolute atomic E-state index is 0.101. The van der Waals surface area contributed by atoms with Gasteiger partial charge in [-0.2, -0.15) is 0 Å². The van der Waals surface area contributed by atoms with Crippen LogP contribution in [0.2, 0.25) is 0 Å². The minimum atomic E-state index is -1.75. The lowest BCUT2D eigenvalue weighted by molar-refractivity contribution is -0.349. The first-order valence-electron chi connectivity index (χ1n) is 15.5. The van der Waals surface area contributed by atoms with Crippen molar-refractivity contribution in [3.05, 3.63) is 23.8 Å². The number of hydrogen-bond acceptors (Lipinski definition) is 17. The Hall–Kier alpha value is -1.49. The molecule has 17 nitrogen and oxygen atoms in total. The molecule has 0 aromatic carbocycles. The second-order valence-electron chi connectivity index (χ2n) is 13.2. The van der Waals surface area contributed by atoms with Gasteiger partial charge in [0.1, 0.15) is 72.7 Å². The van der Waals surface area contributed by atoms with E-state index in [0.717, 1.165) is 0 Å². The molecule has 4 rings (SSSR count). The van der Waals surface area contributed by atoms with Crippen molar-refractivity contribution in [2.45, 2.75) is 132 Å². The van der Waals surface area contributed by atoms with Crippen molar-refractivity contribution in [3.63, 3.8) is 0 Å². The summed E-state index contributed by atoms with van der Waals surface area (Å²) in [6, 6.07) is 0. The number of carbonyl (C=O) groups excluding carboxylic acids is 1. The van der Waals surface area contributed by atoms with Gasteiger partial charge in [-0.05, 0) is 31.6 Å². The maximum Gasteiger partial charge on any atom is 0.187 e. The lowest BCUT2D eigenvalue weighted by Crippen LogP contribution is -2.62. The molecule has 4 aliphatic rings. The third-order valence-corrected chi connectivity index (χ3v) is 9.27. The Bertz CT molecular complexity index is 1130. The highest BCUT2D eigenvalue weighted by Crippen LogP contribution is 2.44. The molecule has 1 aliphatic carbocycles. The van der Waals surface area contributed by atoms with E-state index in [0.29, 0.717) is 5.57 Å². The highest BCUT2D eigenvalue weighted by molar-refractivity contribution is 5.92. The zero-order chi connectivity index (χ0) is 35.0. The Balaban J connectivity index is 1.33. The van der Waals surface area contributed by atoms with Crippen molar-refractivity contribution in [2.75, 3.05) is 19.8 Å². The number of ketones is 1. The first-order chi connectivity index (χ1) is 21.9. The van der Waals surface area contributed by atoms with Crippen LogP contribution in [0, 0.1) is 5.41 Å². The van der Waals surface area contributed by atoms with Gasteiger partial charge in [0, 0.05) is 11.8 Å². The van der Waals surface area contributed by atoms with Gasteiger partial charge in [0.05, 0.1) is 25.9 Å². The lowest BCUT2D eigenvalue weighted by atomic mass is 9.64. The molecule has 0 saturated carbocycles. The predicted molar refractivity (Wildman–Crippen MR) is 155 cm³/mol. The van der Waals surface area contributed by atoms with Gasteiger partial charge >= 0.3 is 0 Å². The Morgan fingerprint density at radius 3 is 2.06 bits per heavy atom. The molecule has 3 saturated heterocycles. The summed E-state index contributed by atoms with van der Waals surface area (Å²) < 4.78 is 33.2. The molecule has 17 heteroatoms. The van der Waals surface area contributed by atoms with Crippen LogP contribution >= 0.6 is 0 Å². The Morgan fingerprint density at radius 2 is 1.45 bits per heavy atom. The average Bonchev–Trinajstić information content (AvgIpc) is 3.01. The fourth-order valence-electron chi connectivity index (χ4n) is 6.14. The summed E-state index contributed by atoms with van der Waals surface area (Å²) in [5.74, 6) is -0.101. The van der Waals surface area contributed by atoms with E-state index < -0.39 is 123 Å². The zero-order valence-electron chi connectivity index (χ0n) is 26.6. The van der Waals surface area contributed by atoms with Crippen molar-refractivity contribution in [1.82, 2.24) is 0 Å². The summed E-state index contributed by atoms with van der Waals surface area (Å²) in [6.45, 7) is 5.14. The van der Waals surface area contributed by atoms with Crippen molar-refractivity contribution in [1.29, 1.82) is 0 Å². The van der Waals surface area contributed by atoms with E-state index in [2.05, 4.69) is 0 Å². The third kappa shape index (κ3) is 7.96. The lowest BCUT2D eigenvalue weighted by Gasteiger charge is -2.44. The number of carbonyl (C=O) groups is 1. The number of hydrogen-bond donors (Lipinski definition) is 10. The fraction of sp³-hybridized carbons (Fsp3) is 0.833. The number of aliphatic hydroxyl groups is 10. The van der Waals surface area contributed by atoms with Crippen molar-refractivity contribution in [3.8, 4) is 0 Å². The highest BCUT2D eigenvalue weighted by Gasteiger charge is 2.50. The van der Waals surface area contributed by atoms with Crippen LogP contribution in [0.15, 0.2) is 23.8 Å². The first-order valence-corrected chi connectivity index (χ1v) is 15.5. The number of allylic oxidation sites excluding steroid dienone is 1. The van der Waals surface area contributed by atoms with Crippen LogP contribution in [0.1, 0.15) is 34.1 Å². The Labute approximate surface area is 271 Å². The molecule has 3 heterocycles. The molecule has 16 atom stereocenters. The van der Waals surface area contributed by atoms with Crippen LogP contribution in [0.25, 0.3) is 0 Å². The van der Waals surface area contributed by atoms with Crippen LogP contribution < -0.4 is 0 Å². The normalized spacial score (nSPS) is 46.8. The van der Waals surface area contributed by atoms with Gasteiger partial charge in [-0.3, -0.25) is 4.79 Å². The van der Waals surface area contributed by atoms with E-state index in [-0.39, 0.29) is 12.2 Å². The number of aliphatic hydroxyl groups excluding tert-OH is 9. The van der Waals surface area contributed by atoms with E-state index in [9.17, 15) is 55.9 Å². The van der Waals surface area contributed by atoms with Gasteiger partial charge < -0.3 is 79.5 Å². The summed E-state index contributed by atoms with van der Waals surface area (Å²) >= 11 is 0. The van der Waals surface area contributed by atoms with Crippen molar-refractivity contribution in [2.24, 2.45) is 5.41 Å². The molecule has 3 fully saturated rings. The van der Waals surface area contributed by atoms with E-state index in [4.69, 9.17) is 28.4 Å². The van der Waals surface area contributed by atoms with Crippen molar-refractivity contribution < 1.29 is 84.3 Å². The van der Waals surface area contributed by atoms with Gasteiger partial charge in [-0.25, -0.2) is 0 Å². The molecule has 10 N–H and O–H groups in total. The average molecular weight is 681 g/mol. The zero-order valence-corrected chi connectivity index (χ0v) is 26.6. The maximum absolute atomic E-state index is 12.0. The second kappa shape index (κ2) is 15.2. The highest BCUT2D eigenvalue weighted by atomic mass is 16.7. The summed E-state index contributed by atoms with van der Waals surface area (Å²) in [7, 11) is 0. The molecule has 0 spiro atoms. The number of ether oxygens (including phenoxy) is 6. The summed E-state index contributed by atoms with van der Waals surface area (Å²) in [6.07, 6.45) is -18.2. The summed E-state index contributed by atoms with van der Waals surface area (Å²) in [5, 5.41) is 104. The molecule has 3 aliphatic heterocycles. The van der Waals surface area contributed by atoms with Crippen LogP contribution in [0.5, 0.6) is 0 Å². The molecular formula is C30H48O17. The second-order valence-corrected chi connectivity index (χ2v) is 13.2.